The van der Waals surface area contributed by atoms with Crippen LogP contribution in [-0.4, -0.2) is 28.0 Å². The van der Waals surface area contributed by atoms with Crippen LogP contribution in [0.5, 0.6) is 0 Å². The molecule has 1 N–H and O–H groups in total. The highest BCUT2D eigenvalue weighted by molar-refractivity contribution is 8.02. The van der Waals surface area contributed by atoms with Gasteiger partial charge in [0.15, 0.2) is 6.04 Å². The van der Waals surface area contributed by atoms with Crippen LogP contribution < -0.4 is 0 Å². The van der Waals surface area contributed by atoms with Gasteiger partial charge in [0.1, 0.15) is 0 Å². The molecule has 1 atom stereocenters. The molecule has 0 radical (unpaired) electrons. The number of carbonyl (C=O) groups is 1. The molecular weight excluding hydrogens is 168 g/mol. The fourth-order valence-electron chi connectivity index (χ4n) is 0.713. The number of rotatable bonds is 2. The minimum absolute atomic E-state index is 0.303. The molecule has 0 amide bonds. The molecule has 60 valence electrons. The van der Waals surface area contributed by atoms with E-state index in [1.54, 1.807) is 5.41 Å². The normalized spacial score (nSPS) is 23.3. The molecule has 0 spiro atoms. The van der Waals surface area contributed by atoms with E-state index < -0.39 is 12.0 Å². The van der Waals surface area contributed by atoms with Crippen molar-refractivity contribution in [2.45, 2.75) is 6.04 Å². The minimum atomic E-state index is -1.05. The van der Waals surface area contributed by atoms with Gasteiger partial charge >= 0.3 is 5.97 Å². The Bertz CT molecular complexity index is 206. The van der Waals surface area contributed by atoms with Gasteiger partial charge in [0.05, 0.1) is 11.2 Å². The van der Waals surface area contributed by atoms with Crippen LogP contribution in [0.4, 0.5) is 0 Å². The van der Waals surface area contributed by atoms with E-state index in [0.717, 1.165) is 5.01 Å². The Kier molecular flexibility index (Phi) is 2.48. The van der Waals surface area contributed by atoms with Gasteiger partial charge in [-0.25, -0.2) is 9.80 Å². The van der Waals surface area contributed by atoms with Gasteiger partial charge in [-0.1, -0.05) is 0 Å². The third-order valence-corrected chi connectivity index (χ3v) is 2.01. The largest absolute Gasteiger partial charge is 0.479 e. The van der Waals surface area contributed by atoms with Crippen molar-refractivity contribution in [2.75, 3.05) is 5.88 Å². The zero-order valence-electron chi connectivity index (χ0n) is 5.51. The quantitative estimate of drug-likeness (QED) is 0.622. The van der Waals surface area contributed by atoms with Gasteiger partial charge in [-0.05, 0) is 11.5 Å². The summed E-state index contributed by atoms with van der Waals surface area (Å²) in [6.45, 7) is 0. The molecule has 0 fully saturated rings. The number of hydrogen-bond acceptors (Lipinski definition) is 4. The molecule has 1 heterocycles. The molecule has 0 bridgehead atoms. The number of nitrogens with zero attached hydrogens (tertiary/aromatic N) is 2. The zero-order valence-corrected chi connectivity index (χ0v) is 6.32. The van der Waals surface area contributed by atoms with E-state index in [9.17, 15) is 9.70 Å². The van der Waals surface area contributed by atoms with E-state index in [-0.39, 0.29) is 0 Å². The van der Waals surface area contributed by atoms with Crippen LogP contribution in [-0.2, 0) is 4.79 Å². The first-order valence-corrected chi connectivity index (χ1v) is 3.91. The van der Waals surface area contributed by atoms with Crippen LogP contribution in [0.25, 0.3) is 0 Å². The highest BCUT2D eigenvalue weighted by Crippen LogP contribution is 2.17. The van der Waals surface area contributed by atoms with E-state index in [1.165, 1.54) is 17.8 Å². The number of aliphatic carboxylic acids is 1. The summed E-state index contributed by atoms with van der Waals surface area (Å²) in [5.74, 6) is -0.752. The lowest BCUT2D eigenvalue weighted by Gasteiger charge is -2.21. The highest BCUT2D eigenvalue weighted by Gasteiger charge is 2.24. The molecule has 0 aromatic rings. The minimum Gasteiger partial charge on any atom is -0.479 e. The number of nitroso groups, excluding NO2 is 1. The summed E-state index contributed by atoms with van der Waals surface area (Å²) in [7, 11) is 0. The van der Waals surface area contributed by atoms with Gasteiger partial charge in [-0.3, -0.25) is 0 Å². The Balaban J connectivity index is 2.72. The Morgan fingerprint density at radius 1 is 1.82 bits per heavy atom. The summed E-state index contributed by atoms with van der Waals surface area (Å²) in [5, 5.41) is 13.8. The van der Waals surface area contributed by atoms with Gasteiger partial charge in [-0.2, -0.15) is 0 Å². The highest BCUT2D eigenvalue weighted by atomic mass is 32.2. The smallest absolute Gasteiger partial charge is 0.332 e. The molecule has 11 heavy (non-hydrogen) atoms. The predicted octanol–water partition coefficient (Wildman–Crippen LogP) is 0.641. The maximum atomic E-state index is 10.4. The average molecular weight is 174 g/mol. The van der Waals surface area contributed by atoms with Crippen molar-refractivity contribution in [3.63, 3.8) is 0 Å². The number of hydrogen-bond donors (Lipinski definition) is 1. The Morgan fingerprint density at radius 2 is 2.55 bits per heavy atom. The van der Waals surface area contributed by atoms with Crippen LogP contribution in [0, 0.1) is 4.91 Å². The lowest BCUT2D eigenvalue weighted by atomic mass is 10.3. The second-order valence-electron chi connectivity index (χ2n) is 1.93. The standard InChI is InChI=1S/C5H6N2O3S/c8-5(9)4-1-2-11-3-7(4)6-10/h1-2,4H,3H2,(H,8,9). The van der Waals surface area contributed by atoms with Crippen molar-refractivity contribution in [1.82, 2.24) is 5.01 Å². The monoisotopic (exact) mass is 174 g/mol. The maximum Gasteiger partial charge on any atom is 0.332 e. The summed E-state index contributed by atoms with van der Waals surface area (Å²) in [4.78, 5) is 20.5. The Morgan fingerprint density at radius 3 is 3.00 bits per heavy atom. The molecule has 1 aliphatic rings. The van der Waals surface area contributed by atoms with Crippen molar-refractivity contribution < 1.29 is 9.90 Å². The second kappa shape index (κ2) is 3.38. The molecule has 1 aliphatic heterocycles. The lowest BCUT2D eigenvalue weighted by Crippen LogP contribution is -2.36. The van der Waals surface area contributed by atoms with Gasteiger partial charge < -0.3 is 5.11 Å². The van der Waals surface area contributed by atoms with Crippen LogP contribution in [0.2, 0.25) is 0 Å². The second-order valence-corrected chi connectivity index (χ2v) is 2.79. The summed E-state index contributed by atoms with van der Waals surface area (Å²) in [6.07, 6.45) is 1.43. The van der Waals surface area contributed by atoms with Crippen LogP contribution >= 0.6 is 11.8 Å². The Hall–Kier alpha value is -1.04. The van der Waals surface area contributed by atoms with E-state index in [0.29, 0.717) is 5.88 Å². The van der Waals surface area contributed by atoms with Crippen molar-refractivity contribution >= 4 is 17.7 Å². The maximum absolute atomic E-state index is 10.4. The predicted molar refractivity (Wildman–Crippen MR) is 40.7 cm³/mol. The first-order chi connectivity index (χ1) is 5.25. The number of thioether (sulfide) groups is 1. The van der Waals surface area contributed by atoms with Crippen LogP contribution in [0.3, 0.4) is 0 Å². The van der Waals surface area contributed by atoms with Crippen molar-refractivity contribution in [1.29, 1.82) is 0 Å². The molecule has 0 aromatic heterocycles. The molecule has 5 nitrogen and oxygen atoms in total. The third kappa shape index (κ3) is 1.70. The van der Waals surface area contributed by atoms with E-state index in [1.807, 2.05) is 0 Å². The molecule has 1 rings (SSSR count). The fraction of sp³-hybridized carbons (Fsp3) is 0.400. The summed E-state index contributed by atoms with van der Waals surface area (Å²) < 4.78 is 0. The first kappa shape index (κ1) is 8.06. The fourth-order valence-corrected chi connectivity index (χ4v) is 1.42. The lowest BCUT2D eigenvalue weighted by molar-refractivity contribution is -0.141. The number of carboxylic acid groups (broad SMARTS) is 1. The molecule has 0 saturated heterocycles. The Labute approximate surface area is 67.0 Å². The van der Waals surface area contributed by atoms with Crippen LogP contribution in [0.15, 0.2) is 16.8 Å². The van der Waals surface area contributed by atoms with E-state index in [4.69, 9.17) is 5.11 Å². The molecule has 0 aliphatic carbocycles. The SMILES string of the molecule is O=NN1CSC=CC1C(=O)O. The van der Waals surface area contributed by atoms with Gasteiger partial charge in [-0.15, -0.1) is 16.7 Å². The molecule has 0 aromatic carbocycles. The summed E-state index contributed by atoms with van der Waals surface area (Å²) >= 11 is 1.34. The van der Waals surface area contributed by atoms with Gasteiger partial charge in [0, 0.05) is 0 Å². The van der Waals surface area contributed by atoms with Gasteiger partial charge in [0.2, 0.25) is 0 Å². The topological polar surface area (TPSA) is 70.0 Å². The van der Waals surface area contributed by atoms with E-state index >= 15 is 0 Å². The van der Waals surface area contributed by atoms with Gasteiger partial charge in [0.25, 0.3) is 0 Å². The first-order valence-electron chi connectivity index (χ1n) is 2.86. The number of carboxylic acids is 1. The summed E-state index contributed by atoms with van der Waals surface area (Å²) in [6, 6.07) is -0.895. The van der Waals surface area contributed by atoms with Crippen LogP contribution in [0.1, 0.15) is 0 Å². The molecular formula is C5H6N2O3S. The molecule has 6 heteroatoms. The van der Waals surface area contributed by atoms with Crippen molar-refractivity contribution in [3.8, 4) is 0 Å². The average Bonchev–Trinajstić information content (AvgIpc) is 2.04. The third-order valence-electron chi connectivity index (χ3n) is 1.24. The van der Waals surface area contributed by atoms with Crippen molar-refractivity contribution in [2.24, 2.45) is 5.29 Å². The molecule has 1 unspecified atom stereocenters. The van der Waals surface area contributed by atoms with Crippen molar-refractivity contribution in [3.05, 3.63) is 16.4 Å². The molecule has 0 saturated carbocycles. The summed E-state index contributed by atoms with van der Waals surface area (Å²) in [5.41, 5.74) is 0. The van der Waals surface area contributed by atoms with E-state index in [2.05, 4.69) is 5.29 Å². The zero-order chi connectivity index (χ0) is 8.27.